The van der Waals surface area contributed by atoms with Gasteiger partial charge in [0, 0.05) is 36.1 Å². The zero-order chi connectivity index (χ0) is 17.5. The molecule has 0 saturated carbocycles. The van der Waals surface area contributed by atoms with Crippen LogP contribution in [0.1, 0.15) is 16.7 Å². The van der Waals surface area contributed by atoms with Gasteiger partial charge in [0.05, 0.1) is 0 Å². The summed E-state index contributed by atoms with van der Waals surface area (Å²) in [5.74, 6) is 0.507. The minimum Gasteiger partial charge on any atom is -1.00 e. The molecule has 0 fully saturated rings. The zero-order valence-corrected chi connectivity index (χ0v) is 15.5. The van der Waals surface area contributed by atoms with Crippen LogP contribution in [0.25, 0.3) is 0 Å². The van der Waals surface area contributed by atoms with Gasteiger partial charge in [-0.15, -0.1) is 0 Å². The Morgan fingerprint density at radius 3 is 2.38 bits per heavy atom. The maximum Gasteiger partial charge on any atom is 0.124 e. The van der Waals surface area contributed by atoms with Gasteiger partial charge >= 0.3 is 0 Å². The van der Waals surface area contributed by atoms with Crippen LogP contribution in [-0.2, 0) is 19.7 Å². The largest absolute Gasteiger partial charge is 1.00 e. The third kappa shape index (κ3) is 5.99. The molecule has 0 atom stereocenters. The molecule has 0 spiro atoms. The lowest BCUT2D eigenvalue weighted by atomic mass is 10.2. The van der Waals surface area contributed by atoms with Crippen LogP contribution in [-0.4, -0.2) is 4.98 Å². The Balaban J connectivity index is 0.00000243. The quantitative estimate of drug-likeness (QED) is 0.666. The van der Waals surface area contributed by atoms with Gasteiger partial charge in [-0.25, -0.2) is 4.39 Å². The van der Waals surface area contributed by atoms with Crippen molar-refractivity contribution < 1.29 is 21.5 Å². The summed E-state index contributed by atoms with van der Waals surface area (Å²) in [7, 11) is 0. The molecule has 1 N–H and O–H groups in total. The lowest BCUT2D eigenvalue weighted by Crippen LogP contribution is -3.00. The van der Waals surface area contributed by atoms with E-state index < -0.39 is 0 Å². The van der Waals surface area contributed by atoms with Crippen molar-refractivity contribution in [3.05, 3.63) is 94.5 Å². The second-order valence-electron chi connectivity index (χ2n) is 5.63. The predicted octanol–water partition coefficient (Wildman–Crippen LogP) is 1.75. The number of halogens is 3. The summed E-state index contributed by atoms with van der Waals surface area (Å²) in [4.78, 5) is 4.01. The van der Waals surface area contributed by atoms with Gasteiger partial charge in [0.15, 0.2) is 0 Å². The third-order valence-corrected chi connectivity index (χ3v) is 3.96. The van der Waals surface area contributed by atoms with Gasteiger partial charge in [0.25, 0.3) is 0 Å². The highest BCUT2D eigenvalue weighted by Gasteiger charge is 2.06. The highest BCUT2D eigenvalue weighted by Crippen LogP contribution is 2.24. The van der Waals surface area contributed by atoms with Gasteiger partial charge in [-0.05, 0) is 53.6 Å². The van der Waals surface area contributed by atoms with Gasteiger partial charge in [-0.3, -0.25) is 4.98 Å². The molecule has 0 aliphatic carbocycles. The molecule has 1 heterocycles. The van der Waals surface area contributed by atoms with Crippen LogP contribution < -0.4 is 22.5 Å². The van der Waals surface area contributed by atoms with Gasteiger partial charge in [-0.2, -0.15) is 0 Å². The van der Waals surface area contributed by atoms with E-state index in [0.717, 1.165) is 29.0 Å². The molecule has 0 bridgehead atoms. The van der Waals surface area contributed by atoms with E-state index in [-0.39, 0.29) is 18.2 Å². The van der Waals surface area contributed by atoms with Gasteiger partial charge < -0.3 is 22.5 Å². The number of benzene rings is 2. The molecular weight excluding hydrogens is 374 g/mol. The number of nitrogens with zero attached hydrogens (tertiary/aromatic N) is 1. The predicted molar refractivity (Wildman–Crippen MR) is 97.0 cm³/mol. The molecular formula is C20H18Cl2FN2O-. The van der Waals surface area contributed by atoms with Crippen LogP contribution in [0.3, 0.4) is 0 Å². The molecule has 6 heteroatoms. The SMILES string of the molecule is Fc1ccc(COc2ccc(Cl)cc2CNCc2ccncc2)cc1.[Cl-]. The standard InChI is InChI=1S/C20H18ClFN2O.ClH/c21-18-3-6-20(25-14-16-1-4-19(22)5-2-16)17(11-18)13-24-12-15-7-9-23-10-8-15;/h1-11,24H,12-14H2;1H/p-1. The molecule has 2 aromatic carbocycles. The molecule has 0 radical (unpaired) electrons. The van der Waals surface area contributed by atoms with E-state index >= 15 is 0 Å². The fraction of sp³-hybridized carbons (Fsp3) is 0.150. The van der Waals surface area contributed by atoms with E-state index in [1.165, 1.54) is 12.1 Å². The number of rotatable bonds is 7. The van der Waals surface area contributed by atoms with E-state index in [2.05, 4.69) is 10.3 Å². The monoisotopic (exact) mass is 391 g/mol. The zero-order valence-electron chi connectivity index (χ0n) is 14.0. The minimum absolute atomic E-state index is 0. The minimum atomic E-state index is -0.253. The molecule has 0 amide bonds. The first-order valence-electron chi connectivity index (χ1n) is 7.96. The Hall–Kier alpha value is -2.14. The first-order valence-corrected chi connectivity index (χ1v) is 8.34. The van der Waals surface area contributed by atoms with Gasteiger partial charge in [0.2, 0.25) is 0 Å². The number of hydrogen-bond acceptors (Lipinski definition) is 3. The number of pyridine rings is 1. The molecule has 1 aromatic heterocycles. The highest BCUT2D eigenvalue weighted by molar-refractivity contribution is 6.30. The molecule has 0 aliphatic rings. The van der Waals surface area contributed by atoms with E-state index in [0.29, 0.717) is 18.2 Å². The highest BCUT2D eigenvalue weighted by atomic mass is 35.5. The Bertz CT molecular complexity index is 814. The molecule has 3 rings (SSSR count). The van der Waals surface area contributed by atoms with Crippen molar-refractivity contribution in [1.82, 2.24) is 10.3 Å². The molecule has 26 heavy (non-hydrogen) atoms. The maximum atomic E-state index is 13.0. The van der Waals surface area contributed by atoms with Crippen molar-refractivity contribution in [2.24, 2.45) is 0 Å². The Kier molecular flexibility index (Phi) is 7.85. The molecule has 136 valence electrons. The first-order chi connectivity index (χ1) is 12.2. The summed E-state index contributed by atoms with van der Waals surface area (Å²) in [5.41, 5.74) is 3.04. The van der Waals surface area contributed by atoms with E-state index in [4.69, 9.17) is 16.3 Å². The van der Waals surface area contributed by atoms with Gasteiger partial charge in [0.1, 0.15) is 18.2 Å². The summed E-state index contributed by atoms with van der Waals surface area (Å²) in [5, 5.41) is 4.04. The van der Waals surface area contributed by atoms with Gasteiger partial charge in [-0.1, -0.05) is 23.7 Å². The van der Waals surface area contributed by atoms with E-state index in [1.54, 1.807) is 30.6 Å². The second-order valence-corrected chi connectivity index (χ2v) is 6.06. The third-order valence-electron chi connectivity index (χ3n) is 3.72. The average Bonchev–Trinajstić information content (AvgIpc) is 2.63. The van der Waals surface area contributed by atoms with Crippen molar-refractivity contribution in [1.29, 1.82) is 0 Å². The molecule has 0 unspecified atom stereocenters. The molecule has 0 saturated heterocycles. The van der Waals surface area contributed by atoms with Crippen molar-refractivity contribution in [2.75, 3.05) is 0 Å². The van der Waals surface area contributed by atoms with Crippen LogP contribution >= 0.6 is 11.6 Å². The summed E-state index contributed by atoms with van der Waals surface area (Å²) < 4.78 is 18.9. The molecule has 3 aromatic rings. The lowest BCUT2D eigenvalue weighted by Gasteiger charge is -2.13. The second kappa shape index (κ2) is 10.1. The van der Waals surface area contributed by atoms with Crippen molar-refractivity contribution in [3.63, 3.8) is 0 Å². The number of aromatic nitrogens is 1. The first kappa shape index (κ1) is 20.2. The maximum absolute atomic E-state index is 13.0. The number of nitrogens with one attached hydrogen (secondary N) is 1. The lowest BCUT2D eigenvalue weighted by molar-refractivity contribution is -0.00000596. The van der Waals surface area contributed by atoms with Crippen molar-refractivity contribution in [2.45, 2.75) is 19.7 Å². The molecule has 0 aliphatic heterocycles. The van der Waals surface area contributed by atoms with Crippen LogP contribution in [0.4, 0.5) is 4.39 Å². The van der Waals surface area contributed by atoms with Crippen LogP contribution in [0.2, 0.25) is 5.02 Å². The van der Waals surface area contributed by atoms with Crippen molar-refractivity contribution >= 4 is 11.6 Å². The van der Waals surface area contributed by atoms with Crippen LogP contribution in [0.5, 0.6) is 5.75 Å². The smallest absolute Gasteiger partial charge is 0.124 e. The average molecular weight is 392 g/mol. The summed E-state index contributed by atoms with van der Waals surface area (Å²) in [6.07, 6.45) is 3.54. The summed E-state index contributed by atoms with van der Waals surface area (Å²) in [6, 6.07) is 15.8. The number of ether oxygens (including phenoxy) is 1. The van der Waals surface area contributed by atoms with Crippen LogP contribution in [0, 0.1) is 5.82 Å². The fourth-order valence-electron chi connectivity index (χ4n) is 2.41. The van der Waals surface area contributed by atoms with Crippen molar-refractivity contribution in [3.8, 4) is 5.75 Å². The fourth-order valence-corrected chi connectivity index (χ4v) is 2.61. The summed E-state index contributed by atoms with van der Waals surface area (Å²) in [6.45, 7) is 1.73. The van der Waals surface area contributed by atoms with E-state index in [1.807, 2.05) is 24.3 Å². The normalized spacial score (nSPS) is 10.2. The molecule has 3 nitrogen and oxygen atoms in total. The Morgan fingerprint density at radius 1 is 0.923 bits per heavy atom. The Morgan fingerprint density at radius 2 is 1.65 bits per heavy atom. The number of hydrogen-bond donors (Lipinski definition) is 1. The summed E-state index contributed by atoms with van der Waals surface area (Å²) >= 11 is 6.11. The topological polar surface area (TPSA) is 34.1 Å². The van der Waals surface area contributed by atoms with Crippen LogP contribution in [0.15, 0.2) is 67.0 Å². The Labute approximate surface area is 163 Å². The van der Waals surface area contributed by atoms with E-state index in [9.17, 15) is 4.39 Å².